The van der Waals surface area contributed by atoms with E-state index in [9.17, 15) is 9.59 Å². The van der Waals surface area contributed by atoms with E-state index in [4.69, 9.17) is 4.74 Å². The second-order valence-corrected chi connectivity index (χ2v) is 8.12. The molecule has 1 aromatic carbocycles. The molecule has 1 fully saturated rings. The average molecular weight is 383 g/mol. The van der Waals surface area contributed by atoms with Gasteiger partial charge in [0.2, 0.25) is 0 Å². The topological polar surface area (TPSA) is 85.1 Å². The van der Waals surface area contributed by atoms with Crippen LogP contribution in [0.4, 0.5) is 4.79 Å². The Morgan fingerprint density at radius 2 is 1.96 bits per heavy atom. The van der Waals surface area contributed by atoms with Crippen molar-refractivity contribution >= 4 is 17.1 Å². The fourth-order valence-corrected chi connectivity index (χ4v) is 3.73. The number of hydrogen-bond acceptors (Lipinski definition) is 4. The van der Waals surface area contributed by atoms with Gasteiger partial charge in [-0.25, -0.2) is 14.3 Å². The van der Waals surface area contributed by atoms with Crippen LogP contribution in [-0.4, -0.2) is 49.0 Å². The van der Waals surface area contributed by atoms with Crippen molar-refractivity contribution in [3.63, 3.8) is 0 Å². The Bertz CT molecular complexity index is 1030. The van der Waals surface area contributed by atoms with E-state index in [1.807, 2.05) is 55.8 Å². The second kappa shape index (κ2) is 6.85. The lowest BCUT2D eigenvalue weighted by Gasteiger charge is -2.33. The Morgan fingerprint density at radius 1 is 1.21 bits per heavy atom. The maximum Gasteiger partial charge on any atom is 0.410 e. The predicted molar refractivity (Wildman–Crippen MR) is 106 cm³/mol. The first-order valence-electron chi connectivity index (χ1n) is 9.55. The lowest BCUT2D eigenvalue weighted by Crippen LogP contribution is -2.43. The van der Waals surface area contributed by atoms with E-state index < -0.39 is 5.60 Å². The molecule has 3 aromatic rings. The van der Waals surface area contributed by atoms with E-state index in [-0.39, 0.29) is 17.8 Å². The lowest BCUT2D eigenvalue weighted by atomic mass is 10.0. The monoisotopic (exact) mass is 383 g/mol. The van der Waals surface area contributed by atoms with Crippen molar-refractivity contribution in [2.75, 3.05) is 13.1 Å². The molecule has 148 valence electrons. The molecule has 0 bridgehead atoms. The molecule has 0 aliphatic carbocycles. The maximum atomic E-state index is 12.7. The molecule has 4 rings (SSSR count). The number of rotatable bonds is 2. The van der Waals surface area contributed by atoms with Crippen LogP contribution in [0.3, 0.4) is 0 Å². The van der Waals surface area contributed by atoms with E-state index in [1.165, 1.54) is 0 Å². The zero-order valence-corrected chi connectivity index (χ0v) is 16.4. The molecule has 2 aromatic heterocycles. The van der Waals surface area contributed by atoms with Gasteiger partial charge in [-0.3, -0.25) is 4.57 Å². The van der Waals surface area contributed by atoms with Crippen LogP contribution < -0.4 is 5.69 Å². The summed E-state index contributed by atoms with van der Waals surface area (Å²) in [4.78, 5) is 29.7. The van der Waals surface area contributed by atoms with Crippen molar-refractivity contribution in [2.24, 2.45) is 0 Å². The number of aromatic amines is 1. The molecule has 28 heavy (non-hydrogen) atoms. The number of H-pyrrole nitrogens is 1. The molecule has 0 radical (unpaired) electrons. The predicted octanol–water partition coefficient (Wildman–Crippen LogP) is 3.09. The first-order chi connectivity index (χ1) is 13.3. The summed E-state index contributed by atoms with van der Waals surface area (Å²) in [6.45, 7) is 6.72. The number of nitrogens with one attached hydrogen (secondary N) is 1. The summed E-state index contributed by atoms with van der Waals surface area (Å²) in [5, 5.41) is 4.27. The second-order valence-electron chi connectivity index (χ2n) is 8.12. The molecule has 1 aliphatic heterocycles. The molecule has 0 spiro atoms. The lowest BCUT2D eigenvalue weighted by molar-refractivity contribution is 0.0189. The number of benzene rings is 1. The van der Waals surface area contributed by atoms with Crippen LogP contribution in [0.2, 0.25) is 0 Å². The summed E-state index contributed by atoms with van der Waals surface area (Å²) in [6, 6.07) is 7.69. The quantitative estimate of drug-likeness (QED) is 0.737. The molecule has 1 amide bonds. The van der Waals surface area contributed by atoms with Crippen LogP contribution in [0.5, 0.6) is 0 Å². The number of para-hydroxylation sites is 1. The van der Waals surface area contributed by atoms with Crippen molar-refractivity contribution < 1.29 is 9.53 Å². The Balaban J connectivity index is 1.58. The van der Waals surface area contributed by atoms with Crippen LogP contribution in [0.1, 0.15) is 39.7 Å². The summed E-state index contributed by atoms with van der Waals surface area (Å²) in [5.41, 5.74) is 1.82. The van der Waals surface area contributed by atoms with Crippen LogP contribution >= 0.6 is 0 Å². The number of carbonyl (C=O) groups excluding carboxylic acids is 1. The SMILES string of the molecule is CC(C)(C)OC(=O)N1CCC(n2c(=O)[nH]c3c(-n4cccn4)cccc32)CC1. The highest BCUT2D eigenvalue weighted by Crippen LogP contribution is 2.27. The average Bonchev–Trinajstić information content (AvgIpc) is 3.27. The zero-order valence-electron chi connectivity index (χ0n) is 16.4. The fraction of sp³-hybridized carbons (Fsp3) is 0.450. The number of aromatic nitrogens is 4. The Labute approximate surface area is 162 Å². The molecule has 0 unspecified atom stereocenters. The van der Waals surface area contributed by atoms with Crippen molar-refractivity contribution in [3.8, 4) is 5.69 Å². The highest BCUT2D eigenvalue weighted by atomic mass is 16.6. The number of amides is 1. The molecule has 1 N–H and O–H groups in total. The number of piperidine rings is 1. The molecule has 8 nitrogen and oxygen atoms in total. The van der Waals surface area contributed by atoms with E-state index in [0.717, 1.165) is 16.7 Å². The van der Waals surface area contributed by atoms with Gasteiger partial charge < -0.3 is 14.6 Å². The number of hydrogen-bond donors (Lipinski definition) is 1. The Hall–Kier alpha value is -3.03. The number of fused-ring (bicyclic) bond motifs is 1. The van der Waals surface area contributed by atoms with Gasteiger partial charge >= 0.3 is 11.8 Å². The fourth-order valence-electron chi connectivity index (χ4n) is 3.73. The Morgan fingerprint density at radius 3 is 2.61 bits per heavy atom. The smallest absolute Gasteiger partial charge is 0.410 e. The third-order valence-corrected chi connectivity index (χ3v) is 4.96. The first kappa shape index (κ1) is 18.3. The number of carbonyl (C=O) groups is 1. The maximum absolute atomic E-state index is 12.7. The normalized spacial score (nSPS) is 15.9. The highest BCUT2D eigenvalue weighted by molar-refractivity contribution is 5.84. The van der Waals surface area contributed by atoms with Gasteiger partial charge in [0.05, 0.1) is 16.7 Å². The molecular formula is C20H25N5O3. The molecule has 3 heterocycles. The molecular weight excluding hydrogens is 358 g/mol. The van der Waals surface area contributed by atoms with Gasteiger partial charge in [-0.05, 0) is 51.8 Å². The molecule has 0 atom stereocenters. The summed E-state index contributed by atoms with van der Waals surface area (Å²) >= 11 is 0. The minimum Gasteiger partial charge on any atom is -0.444 e. The zero-order chi connectivity index (χ0) is 19.9. The molecule has 8 heteroatoms. The van der Waals surface area contributed by atoms with Crippen LogP contribution in [-0.2, 0) is 4.74 Å². The molecule has 1 aliphatic rings. The molecule has 0 saturated carbocycles. The van der Waals surface area contributed by atoms with E-state index in [1.54, 1.807) is 15.8 Å². The van der Waals surface area contributed by atoms with Gasteiger partial charge in [0.25, 0.3) is 0 Å². The van der Waals surface area contributed by atoms with Crippen LogP contribution in [0, 0.1) is 0 Å². The standard InChI is InChI=1S/C20H25N5O3/c1-20(2,3)28-19(27)23-12-8-14(9-13-23)25-16-7-4-6-15(17(16)22-18(25)26)24-11-5-10-21-24/h4-7,10-11,14H,8-9,12-13H2,1-3H3,(H,22,26). The van der Waals surface area contributed by atoms with Gasteiger partial charge in [-0.15, -0.1) is 0 Å². The third kappa shape index (κ3) is 3.42. The van der Waals surface area contributed by atoms with Crippen LogP contribution in [0.15, 0.2) is 41.5 Å². The van der Waals surface area contributed by atoms with E-state index in [0.29, 0.717) is 25.9 Å². The van der Waals surface area contributed by atoms with Gasteiger partial charge in [0, 0.05) is 31.5 Å². The van der Waals surface area contributed by atoms with Gasteiger partial charge in [-0.1, -0.05) is 6.07 Å². The summed E-state index contributed by atoms with van der Waals surface area (Å²) < 4.78 is 9.01. The number of ether oxygens (including phenoxy) is 1. The highest BCUT2D eigenvalue weighted by Gasteiger charge is 2.29. The number of nitrogens with zero attached hydrogens (tertiary/aromatic N) is 4. The summed E-state index contributed by atoms with van der Waals surface area (Å²) in [5.74, 6) is 0. The third-order valence-electron chi connectivity index (χ3n) is 4.96. The van der Waals surface area contributed by atoms with Crippen LogP contribution in [0.25, 0.3) is 16.7 Å². The van der Waals surface area contributed by atoms with Crippen molar-refractivity contribution in [2.45, 2.75) is 45.3 Å². The largest absolute Gasteiger partial charge is 0.444 e. The van der Waals surface area contributed by atoms with Crippen molar-refractivity contribution in [3.05, 3.63) is 47.1 Å². The van der Waals surface area contributed by atoms with Gasteiger partial charge in [0.1, 0.15) is 5.60 Å². The van der Waals surface area contributed by atoms with Crippen molar-refractivity contribution in [1.82, 2.24) is 24.2 Å². The molecule has 1 saturated heterocycles. The minimum absolute atomic E-state index is 0.0350. The number of likely N-dealkylation sites (tertiary alicyclic amines) is 1. The van der Waals surface area contributed by atoms with E-state index >= 15 is 0 Å². The van der Waals surface area contributed by atoms with E-state index in [2.05, 4.69) is 10.1 Å². The first-order valence-corrected chi connectivity index (χ1v) is 9.55. The van der Waals surface area contributed by atoms with Crippen molar-refractivity contribution in [1.29, 1.82) is 0 Å². The number of imidazole rings is 1. The summed E-state index contributed by atoms with van der Waals surface area (Å²) in [7, 11) is 0. The van der Waals surface area contributed by atoms with Gasteiger partial charge in [-0.2, -0.15) is 5.10 Å². The van der Waals surface area contributed by atoms with Gasteiger partial charge in [0.15, 0.2) is 0 Å². The Kier molecular flexibility index (Phi) is 4.49. The summed E-state index contributed by atoms with van der Waals surface area (Å²) in [6.07, 6.45) is 4.68. The minimum atomic E-state index is -0.509.